The van der Waals surface area contributed by atoms with Crippen LogP contribution in [-0.2, 0) is 7.05 Å². The number of hydrogen-bond acceptors (Lipinski definition) is 2. The molecule has 1 aliphatic heterocycles. The molecule has 0 saturated carbocycles. The second-order valence-corrected chi connectivity index (χ2v) is 6.39. The van der Waals surface area contributed by atoms with E-state index in [1.807, 2.05) is 10.9 Å². The molecule has 0 unspecified atom stereocenters. The minimum atomic E-state index is 0.231. The molecule has 1 aliphatic rings. The van der Waals surface area contributed by atoms with Gasteiger partial charge in [0.2, 0.25) is 0 Å². The van der Waals surface area contributed by atoms with Crippen molar-refractivity contribution < 1.29 is 0 Å². The van der Waals surface area contributed by atoms with E-state index in [9.17, 15) is 0 Å². The van der Waals surface area contributed by atoms with Crippen molar-refractivity contribution >= 4 is 0 Å². The van der Waals surface area contributed by atoms with E-state index in [0.29, 0.717) is 6.04 Å². The van der Waals surface area contributed by atoms with Gasteiger partial charge in [-0.15, -0.1) is 0 Å². The minimum Gasteiger partial charge on any atom is -0.290 e. The maximum atomic E-state index is 4.32. The highest BCUT2D eigenvalue weighted by Crippen LogP contribution is 2.37. The average molecular weight is 235 g/mol. The summed E-state index contributed by atoms with van der Waals surface area (Å²) >= 11 is 0. The van der Waals surface area contributed by atoms with Crippen molar-refractivity contribution in [3.63, 3.8) is 0 Å². The Balaban J connectivity index is 2.29. The third-order valence-electron chi connectivity index (χ3n) is 3.93. The zero-order valence-electron chi connectivity index (χ0n) is 11.8. The molecule has 17 heavy (non-hydrogen) atoms. The molecule has 3 heteroatoms. The fourth-order valence-corrected chi connectivity index (χ4v) is 2.94. The molecule has 0 N–H and O–H groups in total. The molecule has 1 fully saturated rings. The molecule has 0 aliphatic carbocycles. The minimum absolute atomic E-state index is 0.231. The highest BCUT2D eigenvalue weighted by Gasteiger charge is 2.35. The maximum Gasteiger partial charge on any atom is 0.0552 e. The first-order chi connectivity index (χ1) is 7.89. The Labute approximate surface area is 105 Å². The van der Waals surface area contributed by atoms with Crippen LogP contribution in [0.2, 0.25) is 0 Å². The summed E-state index contributed by atoms with van der Waals surface area (Å²) in [5.41, 5.74) is 1.58. The molecule has 0 amide bonds. The van der Waals surface area contributed by atoms with E-state index < -0.39 is 0 Å². The molecule has 0 bridgehead atoms. The summed E-state index contributed by atoms with van der Waals surface area (Å²) < 4.78 is 2.03. The van der Waals surface area contributed by atoms with Gasteiger partial charge in [0.05, 0.1) is 11.7 Å². The van der Waals surface area contributed by atoms with E-state index in [2.05, 4.69) is 50.8 Å². The van der Waals surface area contributed by atoms with E-state index in [-0.39, 0.29) is 5.54 Å². The van der Waals surface area contributed by atoms with Crippen LogP contribution in [-0.4, -0.2) is 26.8 Å². The van der Waals surface area contributed by atoms with Crippen LogP contribution < -0.4 is 0 Å². The third kappa shape index (κ3) is 2.54. The van der Waals surface area contributed by atoms with Gasteiger partial charge in [-0.2, -0.15) is 5.10 Å². The molecule has 2 atom stereocenters. The molecule has 1 aromatic heterocycles. The lowest BCUT2D eigenvalue weighted by Gasteiger charge is -2.46. The van der Waals surface area contributed by atoms with Crippen LogP contribution in [0.5, 0.6) is 0 Å². The Bertz CT molecular complexity index is 375. The summed E-state index contributed by atoms with van der Waals surface area (Å²) in [7, 11) is 2.05. The van der Waals surface area contributed by atoms with Crippen molar-refractivity contribution in [1.29, 1.82) is 0 Å². The Morgan fingerprint density at radius 3 is 2.59 bits per heavy atom. The summed E-state index contributed by atoms with van der Waals surface area (Å²) in [5, 5.41) is 4.32. The van der Waals surface area contributed by atoms with Crippen LogP contribution in [0.15, 0.2) is 12.3 Å². The monoisotopic (exact) mass is 235 g/mol. The summed E-state index contributed by atoms with van der Waals surface area (Å²) in [6, 6.07) is 2.69. The van der Waals surface area contributed by atoms with Crippen LogP contribution in [0, 0.1) is 5.92 Å². The molecule has 2 rings (SSSR count). The number of hydrogen-bond donors (Lipinski definition) is 0. The number of nitrogens with zero attached hydrogens (tertiary/aromatic N) is 3. The highest BCUT2D eigenvalue weighted by molar-refractivity contribution is 5.10. The Morgan fingerprint density at radius 2 is 2.06 bits per heavy atom. The lowest BCUT2D eigenvalue weighted by molar-refractivity contribution is 0.0288. The van der Waals surface area contributed by atoms with E-state index in [4.69, 9.17) is 0 Å². The first-order valence-corrected chi connectivity index (χ1v) is 6.64. The smallest absolute Gasteiger partial charge is 0.0552 e. The standard InChI is InChI=1S/C14H25N3/c1-11-7-9-17(14(2,3)4)13(10-11)12-6-8-15-16(12)5/h6,8,11,13H,7,9-10H2,1-5H3/t11-,13+/m1/s1. The summed E-state index contributed by atoms with van der Waals surface area (Å²) in [4.78, 5) is 2.63. The van der Waals surface area contributed by atoms with Crippen LogP contribution in [0.4, 0.5) is 0 Å². The van der Waals surface area contributed by atoms with Gasteiger partial charge in [0.1, 0.15) is 0 Å². The van der Waals surface area contributed by atoms with Crippen LogP contribution in [0.3, 0.4) is 0 Å². The van der Waals surface area contributed by atoms with E-state index in [1.54, 1.807) is 0 Å². The molecule has 3 nitrogen and oxygen atoms in total. The zero-order valence-corrected chi connectivity index (χ0v) is 11.8. The molecule has 0 aromatic carbocycles. The normalized spacial score (nSPS) is 27.4. The van der Waals surface area contributed by atoms with Gasteiger partial charge < -0.3 is 0 Å². The van der Waals surface area contributed by atoms with Crippen molar-refractivity contribution in [1.82, 2.24) is 14.7 Å². The van der Waals surface area contributed by atoms with Crippen molar-refractivity contribution in [2.75, 3.05) is 6.54 Å². The predicted octanol–water partition coefficient (Wildman–Crippen LogP) is 2.99. The Kier molecular flexibility index (Phi) is 3.30. The fourth-order valence-electron chi connectivity index (χ4n) is 2.94. The predicted molar refractivity (Wildman–Crippen MR) is 70.8 cm³/mol. The molecular weight excluding hydrogens is 210 g/mol. The fraction of sp³-hybridized carbons (Fsp3) is 0.786. The zero-order chi connectivity index (χ0) is 12.6. The van der Waals surface area contributed by atoms with Gasteiger partial charge in [-0.25, -0.2) is 0 Å². The van der Waals surface area contributed by atoms with Gasteiger partial charge in [0, 0.05) is 18.8 Å². The lowest BCUT2D eigenvalue weighted by atomic mass is 9.87. The number of likely N-dealkylation sites (tertiary alicyclic amines) is 1. The summed E-state index contributed by atoms with van der Waals surface area (Å²) in [6.07, 6.45) is 4.47. The van der Waals surface area contributed by atoms with Crippen molar-refractivity contribution in [3.05, 3.63) is 18.0 Å². The molecule has 2 heterocycles. The highest BCUT2D eigenvalue weighted by atomic mass is 15.3. The number of rotatable bonds is 1. The summed E-state index contributed by atoms with van der Waals surface area (Å²) in [6.45, 7) is 10.5. The van der Waals surface area contributed by atoms with Gasteiger partial charge in [-0.05, 0) is 52.1 Å². The molecule has 1 aromatic rings. The first kappa shape index (κ1) is 12.6. The Hall–Kier alpha value is -0.830. The first-order valence-electron chi connectivity index (χ1n) is 6.64. The molecule has 1 saturated heterocycles. The van der Waals surface area contributed by atoms with E-state index in [0.717, 1.165) is 5.92 Å². The molecular formula is C14H25N3. The maximum absolute atomic E-state index is 4.32. The van der Waals surface area contributed by atoms with Crippen LogP contribution in [0.25, 0.3) is 0 Å². The van der Waals surface area contributed by atoms with Gasteiger partial charge in [0.15, 0.2) is 0 Å². The third-order valence-corrected chi connectivity index (χ3v) is 3.93. The average Bonchev–Trinajstić information content (AvgIpc) is 2.62. The molecule has 0 spiro atoms. The topological polar surface area (TPSA) is 21.1 Å². The summed E-state index contributed by atoms with van der Waals surface area (Å²) in [5.74, 6) is 0.813. The van der Waals surface area contributed by atoms with Gasteiger partial charge in [-0.3, -0.25) is 9.58 Å². The molecule has 96 valence electrons. The lowest BCUT2D eigenvalue weighted by Crippen LogP contribution is -2.48. The quantitative estimate of drug-likeness (QED) is 0.746. The van der Waals surface area contributed by atoms with Crippen LogP contribution in [0.1, 0.15) is 52.3 Å². The van der Waals surface area contributed by atoms with Crippen molar-refractivity contribution in [2.45, 2.75) is 52.1 Å². The van der Waals surface area contributed by atoms with E-state index >= 15 is 0 Å². The van der Waals surface area contributed by atoms with Gasteiger partial charge in [0.25, 0.3) is 0 Å². The van der Waals surface area contributed by atoms with Crippen molar-refractivity contribution in [3.8, 4) is 0 Å². The number of aryl methyl sites for hydroxylation is 1. The van der Waals surface area contributed by atoms with E-state index in [1.165, 1.54) is 25.1 Å². The number of piperidine rings is 1. The largest absolute Gasteiger partial charge is 0.290 e. The second-order valence-electron chi connectivity index (χ2n) is 6.39. The second kappa shape index (κ2) is 4.45. The van der Waals surface area contributed by atoms with Crippen LogP contribution >= 0.6 is 0 Å². The SMILES string of the molecule is C[C@@H]1CCN(C(C)(C)C)[C@H](c2ccnn2C)C1. The van der Waals surface area contributed by atoms with Gasteiger partial charge >= 0.3 is 0 Å². The Morgan fingerprint density at radius 1 is 1.35 bits per heavy atom. The number of aromatic nitrogens is 2. The molecule has 0 radical (unpaired) electrons. The van der Waals surface area contributed by atoms with Crippen molar-refractivity contribution in [2.24, 2.45) is 13.0 Å². The van der Waals surface area contributed by atoms with Gasteiger partial charge in [-0.1, -0.05) is 6.92 Å².